The third-order valence-corrected chi connectivity index (χ3v) is 8.46. The first-order valence-corrected chi connectivity index (χ1v) is 14.6. The minimum absolute atomic E-state index is 0.0460. The average molecular weight is 608 g/mol. The SMILES string of the molecule is O=C(O)CC(NC(=O)c1csc(C2CCN(C(=O)c3ccccc3-c3ccc(C(F)(F)F)cc3)CC2)n1)c1ccccc1. The van der Waals surface area contributed by atoms with E-state index >= 15 is 0 Å². The van der Waals surface area contributed by atoms with Gasteiger partial charge in [0, 0.05) is 30.0 Å². The first kappa shape index (κ1) is 30.0. The van der Waals surface area contributed by atoms with E-state index in [9.17, 15) is 32.7 Å². The molecule has 1 aliphatic heterocycles. The van der Waals surface area contributed by atoms with E-state index in [-0.39, 0.29) is 23.9 Å². The Hall–Kier alpha value is -4.51. The normalized spacial score (nSPS) is 14.7. The van der Waals surface area contributed by atoms with E-state index in [0.29, 0.717) is 48.2 Å². The molecule has 11 heteroatoms. The highest BCUT2D eigenvalue weighted by molar-refractivity contribution is 7.09. The van der Waals surface area contributed by atoms with Crippen molar-refractivity contribution in [2.24, 2.45) is 0 Å². The molecule has 1 aliphatic rings. The Morgan fingerprint density at radius 2 is 1.60 bits per heavy atom. The third-order valence-electron chi connectivity index (χ3n) is 7.45. The first-order chi connectivity index (χ1) is 20.6. The molecule has 1 fully saturated rings. The molecule has 222 valence electrons. The van der Waals surface area contributed by atoms with Crippen molar-refractivity contribution in [3.05, 3.63) is 112 Å². The number of nitrogens with one attached hydrogen (secondary N) is 1. The van der Waals surface area contributed by atoms with Crippen molar-refractivity contribution in [3.63, 3.8) is 0 Å². The van der Waals surface area contributed by atoms with E-state index < -0.39 is 29.7 Å². The third kappa shape index (κ3) is 7.11. The zero-order valence-corrected chi connectivity index (χ0v) is 23.7. The molecule has 2 amide bonds. The summed E-state index contributed by atoms with van der Waals surface area (Å²) in [5, 5.41) is 14.5. The highest BCUT2D eigenvalue weighted by atomic mass is 32.1. The van der Waals surface area contributed by atoms with Crippen molar-refractivity contribution >= 4 is 29.1 Å². The summed E-state index contributed by atoms with van der Waals surface area (Å²) < 4.78 is 39.1. The highest BCUT2D eigenvalue weighted by Gasteiger charge is 2.31. The second kappa shape index (κ2) is 12.8. The average Bonchev–Trinajstić information content (AvgIpc) is 3.51. The number of alkyl halides is 3. The summed E-state index contributed by atoms with van der Waals surface area (Å²) in [6.07, 6.45) is -3.44. The second-order valence-corrected chi connectivity index (χ2v) is 11.2. The molecule has 1 saturated heterocycles. The molecular weight excluding hydrogens is 579 g/mol. The van der Waals surface area contributed by atoms with Crippen LogP contribution in [-0.2, 0) is 11.0 Å². The first-order valence-electron chi connectivity index (χ1n) is 13.7. The van der Waals surface area contributed by atoms with Gasteiger partial charge in [0.2, 0.25) is 0 Å². The minimum Gasteiger partial charge on any atom is -0.481 e. The number of thiazole rings is 1. The summed E-state index contributed by atoms with van der Waals surface area (Å²) >= 11 is 1.36. The number of amides is 2. The zero-order chi connectivity index (χ0) is 30.6. The Morgan fingerprint density at radius 1 is 0.953 bits per heavy atom. The number of piperidine rings is 1. The van der Waals surface area contributed by atoms with Gasteiger partial charge in [0.25, 0.3) is 11.8 Å². The maximum absolute atomic E-state index is 13.5. The maximum Gasteiger partial charge on any atom is 0.416 e. The van der Waals surface area contributed by atoms with Gasteiger partial charge < -0.3 is 15.3 Å². The number of hydrogen-bond donors (Lipinski definition) is 2. The van der Waals surface area contributed by atoms with Crippen LogP contribution in [0.15, 0.2) is 84.2 Å². The molecule has 1 atom stereocenters. The summed E-state index contributed by atoms with van der Waals surface area (Å²) in [7, 11) is 0. The fraction of sp³-hybridized carbons (Fsp3) is 0.250. The maximum atomic E-state index is 13.5. The van der Waals surface area contributed by atoms with E-state index in [1.54, 1.807) is 58.8 Å². The standard InChI is InChI=1S/C32H28F3N3O4S/c33-32(34,35)23-12-10-20(11-13-23)24-8-4-5-9-25(24)31(42)38-16-14-22(15-17-38)30-37-27(19-43-30)29(41)36-26(18-28(39)40)21-6-2-1-3-7-21/h1-13,19,22,26H,14-18H2,(H,36,41)(H,39,40). The smallest absolute Gasteiger partial charge is 0.416 e. The van der Waals surface area contributed by atoms with Crippen LogP contribution in [0.2, 0.25) is 0 Å². The number of benzene rings is 3. The number of hydrogen-bond acceptors (Lipinski definition) is 5. The molecular formula is C32H28F3N3O4S. The van der Waals surface area contributed by atoms with Gasteiger partial charge in [-0.3, -0.25) is 14.4 Å². The van der Waals surface area contributed by atoms with E-state index in [2.05, 4.69) is 10.3 Å². The zero-order valence-electron chi connectivity index (χ0n) is 22.9. The number of carboxylic acid groups (broad SMARTS) is 1. The van der Waals surface area contributed by atoms with Crippen LogP contribution in [0.4, 0.5) is 13.2 Å². The molecule has 1 aromatic heterocycles. The molecule has 2 N–H and O–H groups in total. The predicted octanol–water partition coefficient (Wildman–Crippen LogP) is 6.79. The predicted molar refractivity (Wildman–Crippen MR) is 156 cm³/mol. The minimum atomic E-state index is -4.44. The van der Waals surface area contributed by atoms with Crippen LogP contribution in [0.3, 0.4) is 0 Å². The lowest BCUT2D eigenvalue weighted by molar-refractivity contribution is -0.138. The van der Waals surface area contributed by atoms with E-state index in [1.165, 1.54) is 23.5 Å². The number of likely N-dealkylation sites (tertiary alicyclic amines) is 1. The Morgan fingerprint density at radius 3 is 2.26 bits per heavy atom. The fourth-order valence-electron chi connectivity index (χ4n) is 5.18. The van der Waals surface area contributed by atoms with Gasteiger partial charge in [-0.25, -0.2) is 4.98 Å². The van der Waals surface area contributed by atoms with Gasteiger partial charge >= 0.3 is 12.1 Å². The molecule has 0 bridgehead atoms. The van der Waals surface area contributed by atoms with E-state index in [4.69, 9.17) is 0 Å². The van der Waals surface area contributed by atoms with Crippen LogP contribution in [0, 0.1) is 0 Å². The Kier molecular flexibility index (Phi) is 8.91. The number of aliphatic carboxylic acids is 1. The summed E-state index contributed by atoms with van der Waals surface area (Å²) in [5.41, 5.74) is 1.67. The van der Waals surface area contributed by atoms with Crippen LogP contribution in [0.1, 0.15) is 68.2 Å². The number of carbonyl (C=O) groups excluding carboxylic acids is 2. The van der Waals surface area contributed by atoms with Crippen LogP contribution in [0.25, 0.3) is 11.1 Å². The molecule has 3 aromatic carbocycles. The molecule has 0 spiro atoms. The summed E-state index contributed by atoms with van der Waals surface area (Å²) in [6, 6.07) is 19.9. The molecule has 2 heterocycles. The number of halogens is 3. The van der Waals surface area contributed by atoms with Gasteiger partial charge in [-0.05, 0) is 47.7 Å². The molecule has 1 unspecified atom stereocenters. The van der Waals surface area contributed by atoms with Crippen LogP contribution >= 0.6 is 11.3 Å². The number of carbonyl (C=O) groups is 3. The monoisotopic (exact) mass is 607 g/mol. The van der Waals surface area contributed by atoms with Gasteiger partial charge in [-0.15, -0.1) is 11.3 Å². The van der Waals surface area contributed by atoms with Crippen LogP contribution in [-0.4, -0.2) is 45.9 Å². The quantitative estimate of drug-likeness (QED) is 0.230. The number of nitrogens with zero attached hydrogens (tertiary/aromatic N) is 2. The number of carboxylic acids is 1. The molecule has 5 rings (SSSR count). The number of aromatic nitrogens is 1. The second-order valence-electron chi connectivity index (χ2n) is 10.3. The van der Waals surface area contributed by atoms with Crippen LogP contribution in [0.5, 0.6) is 0 Å². The topological polar surface area (TPSA) is 99.6 Å². The van der Waals surface area contributed by atoms with Gasteiger partial charge in [-0.1, -0.05) is 60.7 Å². The van der Waals surface area contributed by atoms with Gasteiger partial charge in [0.1, 0.15) is 5.69 Å². The largest absolute Gasteiger partial charge is 0.481 e. The molecule has 0 radical (unpaired) electrons. The Bertz CT molecular complexity index is 1600. The van der Waals surface area contributed by atoms with Crippen molar-refractivity contribution in [2.75, 3.05) is 13.1 Å². The summed E-state index contributed by atoms with van der Waals surface area (Å²) in [4.78, 5) is 44.1. The fourth-order valence-corrected chi connectivity index (χ4v) is 6.16. The van der Waals surface area contributed by atoms with Gasteiger partial charge in [-0.2, -0.15) is 13.2 Å². The van der Waals surface area contributed by atoms with Crippen LogP contribution < -0.4 is 5.32 Å². The molecule has 7 nitrogen and oxygen atoms in total. The lowest BCUT2D eigenvalue weighted by atomic mass is 9.94. The van der Waals surface area contributed by atoms with Crippen molar-refractivity contribution < 1.29 is 32.7 Å². The van der Waals surface area contributed by atoms with Gasteiger partial charge in [0.05, 0.1) is 23.0 Å². The highest BCUT2D eigenvalue weighted by Crippen LogP contribution is 2.34. The molecule has 43 heavy (non-hydrogen) atoms. The van der Waals surface area contributed by atoms with Crippen molar-refractivity contribution in [1.82, 2.24) is 15.2 Å². The van der Waals surface area contributed by atoms with Crippen molar-refractivity contribution in [1.29, 1.82) is 0 Å². The van der Waals surface area contributed by atoms with E-state index in [0.717, 1.165) is 17.1 Å². The lowest BCUT2D eigenvalue weighted by Gasteiger charge is -2.31. The molecule has 0 saturated carbocycles. The van der Waals surface area contributed by atoms with Crippen molar-refractivity contribution in [2.45, 2.75) is 37.4 Å². The Balaban J connectivity index is 1.22. The summed E-state index contributed by atoms with van der Waals surface area (Å²) in [6.45, 7) is 0.918. The lowest BCUT2D eigenvalue weighted by Crippen LogP contribution is -2.38. The van der Waals surface area contributed by atoms with Gasteiger partial charge in [0.15, 0.2) is 0 Å². The summed E-state index contributed by atoms with van der Waals surface area (Å²) in [5.74, 6) is -1.63. The molecule has 0 aliphatic carbocycles. The molecule has 4 aromatic rings. The Labute approximate surface area is 250 Å². The van der Waals surface area contributed by atoms with Crippen molar-refractivity contribution in [3.8, 4) is 11.1 Å². The van der Waals surface area contributed by atoms with E-state index in [1.807, 2.05) is 6.07 Å². The number of rotatable bonds is 8.